The highest BCUT2D eigenvalue weighted by molar-refractivity contribution is 5.70. The number of nitrogens with zero attached hydrogens (tertiary/aromatic N) is 5. The second kappa shape index (κ2) is 10.4. The number of aliphatic carboxylic acids is 1. The van der Waals surface area contributed by atoms with Gasteiger partial charge in [0.2, 0.25) is 0 Å². The Hall–Kier alpha value is -3.90. The number of hydrogen-bond donors (Lipinski definition) is 2. The molecule has 0 amide bonds. The topological polar surface area (TPSA) is 124 Å². The second-order valence-corrected chi connectivity index (χ2v) is 8.48. The number of rotatable bonds is 8. The predicted octanol–water partition coefficient (Wildman–Crippen LogP) is 4.11. The number of alkyl halides is 3. The van der Waals surface area contributed by atoms with E-state index in [0.717, 1.165) is 12.8 Å². The fourth-order valence-corrected chi connectivity index (χ4v) is 4.13. The second-order valence-electron chi connectivity index (χ2n) is 8.48. The molecule has 0 spiro atoms. The molecular weight excluding hydrogens is 481 g/mol. The van der Waals surface area contributed by atoms with Gasteiger partial charge in [0.05, 0.1) is 35.6 Å². The van der Waals surface area contributed by atoms with Gasteiger partial charge < -0.3 is 19.9 Å². The Bertz CT molecular complexity index is 1230. The van der Waals surface area contributed by atoms with Gasteiger partial charge in [-0.1, -0.05) is 5.21 Å². The van der Waals surface area contributed by atoms with E-state index in [1.807, 2.05) is 0 Å². The summed E-state index contributed by atoms with van der Waals surface area (Å²) in [4.78, 5) is 19.9. The van der Waals surface area contributed by atoms with E-state index in [1.165, 1.54) is 23.0 Å². The molecule has 3 aromatic rings. The zero-order valence-corrected chi connectivity index (χ0v) is 19.6. The SMILES string of the molecule is Cc1nc(-c2nnn(C)c2CNc2ncccc2OC(F)(F)F)ccc1O[C@H]1CCC[C@H](C(=O)O)C1. The predicted molar refractivity (Wildman–Crippen MR) is 121 cm³/mol. The average molecular weight is 506 g/mol. The molecule has 0 aliphatic heterocycles. The zero-order valence-electron chi connectivity index (χ0n) is 19.6. The van der Waals surface area contributed by atoms with E-state index in [0.29, 0.717) is 41.4 Å². The van der Waals surface area contributed by atoms with Crippen LogP contribution in [0.1, 0.15) is 37.1 Å². The van der Waals surface area contributed by atoms with E-state index in [1.54, 1.807) is 26.1 Å². The summed E-state index contributed by atoms with van der Waals surface area (Å²) in [6, 6.07) is 5.98. The summed E-state index contributed by atoms with van der Waals surface area (Å²) in [7, 11) is 1.66. The fourth-order valence-electron chi connectivity index (χ4n) is 4.13. The van der Waals surface area contributed by atoms with E-state index in [4.69, 9.17) is 4.74 Å². The van der Waals surface area contributed by atoms with Crippen molar-refractivity contribution in [2.24, 2.45) is 13.0 Å². The quantitative estimate of drug-likeness (QED) is 0.464. The Kier molecular flexibility index (Phi) is 7.27. The standard InChI is InChI=1S/C23H25F3N6O4/c1-13-18(35-15-6-3-5-14(11-15)22(33)34)9-8-16(29-13)20-17(32(2)31-30-20)12-28-21-19(7-4-10-27-21)36-23(24,25)26/h4,7-10,14-15H,3,5-6,11-12H2,1-2H3,(H,27,28)(H,33,34)/t14-,15-/m0/s1. The van der Waals surface area contributed by atoms with Gasteiger partial charge in [0.25, 0.3) is 0 Å². The first-order chi connectivity index (χ1) is 17.1. The molecule has 3 heterocycles. The molecule has 0 aromatic carbocycles. The molecule has 10 nitrogen and oxygen atoms in total. The number of carboxylic acids is 1. The summed E-state index contributed by atoms with van der Waals surface area (Å²) in [5.74, 6) is -1.19. The molecule has 0 bridgehead atoms. The highest BCUT2D eigenvalue weighted by Gasteiger charge is 2.32. The van der Waals surface area contributed by atoms with Crippen molar-refractivity contribution in [3.8, 4) is 22.9 Å². The van der Waals surface area contributed by atoms with Crippen molar-refractivity contribution < 1.29 is 32.5 Å². The van der Waals surface area contributed by atoms with Crippen LogP contribution in [0.4, 0.5) is 19.0 Å². The van der Waals surface area contributed by atoms with Crippen molar-refractivity contribution in [3.05, 3.63) is 41.9 Å². The molecule has 2 N–H and O–H groups in total. The van der Waals surface area contributed by atoms with Crippen LogP contribution < -0.4 is 14.8 Å². The molecule has 1 aliphatic carbocycles. The van der Waals surface area contributed by atoms with Crippen LogP contribution in [0.2, 0.25) is 0 Å². The van der Waals surface area contributed by atoms with E-state index in [2.05, 4.69) is 30.3 Å². The maximum atomic E-state index is 12.7. The van der Waals surface area contributed by atoms with E-state index < -0.39 is 24.0 Å². The molecule has 0 radical (unpaired) electrons. The molecule has 13 heteroatoms. The summed E-state index contributed by atoms with van der Waals surface area (Å²) < 4.78 is 49.7. The van der Waals surface area contributed by atoms with Crippen LogP contribution in [0.25, 0.3) is 11.4 Å². The largest absolute Gasteiger partial charge is 0.573 e. The lowest BCUT2D eigenvalue weighted by Crippen LogP contribution is -2.29. The minimum absolute atomic E-state index is 0.0572. The van der Waals surface area contributed by atoms with Crippen molar-refractivity contribution >= 4 is 11.8 Å². The molecule has 1 aliphatic rings. The number of aryl methyl sites for hydroxylation is 2. The molecular formula is C23H25F3N6O4. The van der Waals surface area contributed by atoms with Crippen LogP contribution in [0, 0.1) is 12.8 Å². The summed E-state index contributed by atoms with van der Waals surface area (Å²) >= 11 is 0. The van der Waals surface area contributed by atoms with Crippen molar-refractivity contribution in [1.82, 2.24) is 25.0 Å². The number of carboxylic acid groups (broad SMARTS) is 1. The monoisotopic (exact) mass is 506 g/mol. The molecule has 2 atom stereocenters. The number of halogens is 3. The van der Waals surface area contributed by atoms with Gasteiger partial charge in [-0.2, -0.15) is 0 Å². The summed E-state index contributed by atoms with van der Waals surface area (Å²) in [6.07, 6.45) is -1.04. The lowest BCUT2D eigenvalue weighted by atomic mass is 9.87. The van der Waals surface area contributed by atoms with Gasteiger partial charge in [-0.05, 0) is 56.9 Å². The van der Waals surface area contributed by atoms with Crippen LogP contribution in [0.3, 0.4) is 0 Å². The number of aromatic nitrogens is 5. The number of pyridine rings is 2. The third-order valence-corrected chi connectivity index (χ3v) is 5.91. The molecule has 0 saturated heterocycles. The average Bonchev–Trinajstić information content (AvgIpc) is 3.19. The fraction of sp³-hybridized carbons (Fsp3) is 0.435. The van der Waals surface area contributed by atoms with E-state index >= 15 is 0 Å². The Morgan fingerprint density at radius 2 is 2.06 bits per heavy atom. The molecule has 3 aromatic heterocycles. The maximum Gasteiger partial charge on any atom is 0.573 e. The lowest BCUT2D eigenvalue weighted by Gasteiger charge is -2.27. The minimum Gasteiger partial charge on any atom is -0.489 e. The molecule has 36 heavy (non-hydrogen) atoms. The molecule has 0 unspecified atom stereocenters. The lowest BCUT2D eigenvalue weighted by molar-refractivity contribution is -0.274. The van der Waals surface area contributed by atoms with Crippen LogP contribution in [-0.4, -0.2) is 48.5 Å². The number of anilines is 1. The highest BCUT2D eigenvalue weighted by Crippen LogP contribution is 2.32. The smallest absolute Gasteiger partial charge is 0.489 e. The van der Waals surface area contributed by atoms with Gasteiger partial charge in [0.15, 0.2) is 11.6 Å². The van der Waals surface area contributed by atoms with E-state index in [-0.39, 0.29) is 18.5 Å². The first-order valence-corrected chi connectivity index (χ1v) is 11.3. The third-order valence-electron chi connectivity index (χ3n) is 5.91. The maximum absolute atomic E-state index is 12.7. The number of nitrogens with one attached hydrogen (secondary N) is 1. The van der Waals surface area contributed by atoms with Crippen molar-refractivity contribution in [2.75, 3.05) is 5.32 Å². The molecule has 4 rings (SSSR count). The van der Waals surface area contributed by atoms with Crippen LogP contribution in [-0.2, 0) is 18.4 Å². The van der Waals surface area contributed by atoms with Gasteiger partial charge >= 0.3 is 12.3 Å². The first-order valence-electron chi connectivity index (χ1n) is 11.3. The van der Waals surface area contributed by atoms with Crippen LogP contribution >= 0.6 is 0 Å². The third kappa shape index (κ3) is 6.01. The molecule has 1 fully saturated rings. The van der Waals surface area contributed by atoms with Crippen molar-refractivity contribution in [1.29, 1.82) is 0 Å². The minimum atomic E-state index is -4.85. The highest BCUT2D eigenvalue weighted by atomic mass is 19.4. The zero-order chi connectivity index (χ0) is 25.9. The van der Waals surface area contributed by atoms with Crippen molar-refractivity contribution in [2.45, 2.75) is 51.6 Å². The summed E-state index contributed by atoms with van der Waals surface area (Å²) in [5, 5.41) is 20.3. The van der Waals surface area contributed by atoms with Gasteiger partial charge in [-0.25, -0.2) is 14.6 Å². The molecule has 1 saturated carbocycles. The van der Waals surface area contributed by atoms with Gasteiger partial charge in [-0.3, -0.25) is 4.79 Å². The van der Waals surface area contributed by atoms with Crippen molar-refractivity contribution in [3.63, 3.8) is 0 Å². The normalized spacial score (nSPS) is 18.0. The van der Waals surface area contributed by atoms with Gasteiger partial charge in [0.1, 0.15) is 11.4 Å². The van der Waals surface area contributed by atoms with Gasteiger partial charge in [0, 0.05) is 13.2 Å². The summed E-state index contributed by atoms with van der Waals surface area (Å²) in [6.45, 7) is 1.83. The Balaban J connectivity index is 1.49. The Labute approximate surface area is 204 Å². The Morgan fingerprint density at radius 3 is 2.78 bits per heavy atom. The number of carbonyl (C=O) groups is 1. The Morgan fingerprint density at radius 1 is 1.25 bits per heavy atom. The van der Waals surface area contributed by atoms with E-state index in [9.17, 15) is 23.1 Å². The van der Waals surface area contributed by atoms with Crippen LogP contribution in [0.5, 0.6) is 11.5 Å². The van der Waals surface area contributed by atoms with Crippen LogP contribution in [0.15, 0.2) is 30.5 Å². The first kappa shape index (κ1) is 25.2. The number of hydrogen-bond acceptors (Lipinski definition) is 8. The molecule has 192 valence electrons. The summed E-state index contributed by atoms with van der Waals surface area (Å²) in [5.41, 5.74) is 2.11. The number of ether oxygens (including phenoxy) is 2. The van der Waals surface area contributed by atoms with Gasteiger partial charge in [-0.15, -0.1) is 18.3 Å².